The summed E-state index contributed by atoms with van der Waals surface area (Å²) in [5.74, 6) is 0. The summed E-state index contributed by atoms with van der Waals surface area (Å²) >= 11 is 0. The fourth-order valence-electron chi connectivity index (χ4n) is 0.855. The van der Waals surface area contributed by atoms with Crippen LogP contribution in [0.3, 0.4) is 0 Å². The number of anilines is 1. The van der Waals surface area contributed by atoms with Crippen LogP contribution in [-0.2, 0) is 0 Å². The van der Waals surface area contributed by atoms with Crippen molar-refractivity contribution in [1.29, 1.82) is 0 Å². The van der Waals surface area contributed by atoms with Gasteiger partial charge in [0, 0.05) is 6.08 Å². The largest absolute Gasteiger partial charge is 0.397 e. The van der Waals surface area contributed by atoms with Gasteiger partial charge >= 0.3 is 0 Å². The molecule has 0 aliphatic carbocycles. The van der Waals surface area contributed by atoms with Gasteiger partial charge < -0.3 is 5.73 Å². The molecule has 0 saturated heterocycles. The van der Waals surface area contributed by atoms with E-state index >= 15 is 0 Å². The van der Waals surface area contributed by atoms with Gasteiger partial charge in [-0.1, -0.05) is 6.58 Å². The maximum atomic E-state index is 5.51. The highest BCUT2D eigenvalue weighted by Gasteiger charge is 1.94. The number of aromatic nitrogens is 1. The van der Waals surface area contributed by atoms with Crippen molar-refractivity contribution in [1.82, 2.24) is 4.98 Å². The first-order chi connectivity index (χ1) is 5.24. The standard InChI is InChI=1S/C9H10N2/c1-3-4-9-7(2)5-8(10)6-11-9/h4-6H,1,10H2,2H3. The van der Waals surface area contributed by atoms with Crippen molar-refractivity contribution in [2.45, 2.75) is 6.92 Å². The lowest BCUT2D eigenvalue weighted by Gasteiger charge is -1.98. The molecular formula is C9H10N2. The van der Waals surface area contributed by atoms with Crippen LogP contribution in [0.1, 0.15) is 11.3 Å². The molecule has 0 aliphatic heterocycles. The molecule has 1 aromatic rings. The van der Waals surface area contributed by atoms with Crippen LogP contribution in [0.5, 0.6) is 0 Å². The van der Waals surface area contributed by atoms with Gasteiger partial charge in [0.15, 0.2) is 0 Å². The average Bonchev–Trinajstić information content (AvgIpc) is 1.95. The molecule has 0 amide bonds. The minimum atomic E-state index is 0.684. The number of nitrogen functional groups attached to an aromatic ring is 1. The fourth-order valence-corrected chi connectivity index (χ4v) is 0.855. The fraction of sp³-hybridized carbons (Fsp3) is 0.111. The summed E-state index contributed by atoms with van der Waals surface area (Å²) in [6.07, 6.45) is 3.35. The summed E-state index contributed by atoms with van der Waals surface area (Å²) in [4.78, 5) is 4.08. The zero-order valence-corrected chi connectivity index (χ0v) is 6.46. The zero-order chi connectivity index (χ0) is 8.27. The van der Waals surface area contributed by atoms with E-state index in [2.05, 4.69) is 17.3 Å². The summed E-state index contributed by atoms with van der Waals surface area (Å²) in [6, 6.07) is 1.87. The molecule has 1 heterocycles. The van der Waals surface area contributed by atoms with Gasteiger partial charge in [-0.05, 0) is 18.6 Å². The quantitative estimate of drug-likeness (QED) is 0.613. The highest BCUT2D eigenvalue weighted by molar-refractivity contribution is 5.52. The summed E-state index contributed by atoms with van der Waals surface area (Å²) in [5.41, 5.74) is 10.8. The molecule has 0 fully saturated rings. The molecule has 0 spiro atoms. The molecule has 2 nitrogen and oxygen atoms in total. The topological polar surface area (TPSA) is 38.9 Å². The van der Waals surface area contributed by atoms with Gasteiger partial charge in [-0.25, -0.2) is 0 Å². The van der Waals surface area contributed by atoms with Crippen molar-refractivity contribution in [2.24, 2.45) is 0 Å². The normalized spacial score (nSPS) is 8.82. The van der Waals surface area contributed by atoms with E-state index < -0.39 is 0 Å². The van der Waals surface area contributed by atoms with E-state index in [1.54, 1.807) is 12.3 Å². The number of hydrogen-bond acceptors (Lipinski definition) is 2. The molecule has 56 valence electrons. The Morgan fingerprint density at radius 1 is 1.73 bits per heavy atom. The first-order valence-corrected chi connectivity index (χ1v) is 3.32. The SMILES string of the molecule is C=C=Cc1ncc(N)cc1C. The predicted molar refractivity (Wildman–Crippen MR) is 47.0 cm³/mol. The number of aryl methyl sites for hydroxylation is 1. The van der Waals surface area contributed by atoms with Gasteiger partial charge in [0.05, 0.1) is 17.6 Å². The van der Waals surface area contributed by atoms with Crippen LogP contribution in [-0.4, -0.2) is 4.98 Å². The predicted octanol–water partition coefficient (Wildman–Crippen LogP) is 1.77. The second-order valence-electron chi connectivity index (χ2n) is 2.32. The number of pyridine rings is 1. The molecule has 0 unspecified atom stereocenters. The number of hydrogen-bond donors (Lipinski definition) is 1. The molecule has 11 heavy (non-hydrogen) atoms. The van der Waals surface area contributed by atoms with Gasteiger partial charge in [0.1, 0.15) is 0 Å². The van der Waals surface area contributed by atoms with Crippen molar-refractivity contribution in [2.75, 3.05) is 5.73 Å². The van der Waals surface area contributed by atoms with Crippen LogP contribution in [0.15, 0.2) is 24.6 Å². The van der Waals surface area contributed by atoms with Crippen LogP contribution in [0.4, 0.5) is 5.69 Å². The van der Waals surface area contributed by atoms with Crippen molar-refractivity contribution < 1.29 is 0 Å². The summed E-state index contributed by atoms with van der Waals surface area (Å²) in [6.45, 7) is 5.42. The molecule has 2 heteroatoms. The molecular weight excluding hydrogens is 136 g/mol. The molecule has 1 rings (SSSR count). The highest BCUT2D eigenvalue weighted by Crippen LogP contribution is 2.09. The molecule has 2 N–H and O–H groups in total. The molecule has 0 saturated carbocycles. The molecule has 1 aromatic heterocycles. The lowest BCUT2D eigenvalue weighted by Crippen LogP contribution is -1.90. The smallest absolute Gasteiger partial charge is 0.0737 e. The number of rotatable bonds is 1. The van der Waals surface area contributed by atoms with Crippen LogP contribution >= 0.6 is 0 Å². The maximum Gasteiger partial charge on any atom is 0.0737 e. The minimum Gasteiger partial charge on any atom is -0.397 e. The van der Waals surface area contributed by atoms with Crippen LogP contribution in [0.25, 0.3) is 6.08 Å². The Bertz CT molecular complexity index is 309. The van der Waals surface area contributed by atoms with Gasteiger partial charge in [-0.15, -0.1) is 5.73 Å². The molecule has 0 bridgehead atoms. The first kappa shape index (κ1) is 7.58. The van der Waals surface area contributed by atoms with E-state index in [1.807, 2.05) is 13.0 Å². The van der Waals surface area contributed by atoms with Crippen LogP contribution < -0.4 is 5.73 Å². The van der Waals surface area contributed by atoms with E-state index in [9.17, 15) is 0 Å². The Balaban J connectivity index is 3.19. The summed E-state index contributed by atoms with van der Waals surface area (Å²) in [7, 11) is 0. The van der Waals surface area contributed by atoms with E-state index in [1.165, 1.54) is 0 Å². The number of nitrogens with zero attached hydrogens (tertiary/aromatic N) is 1. The van der Waals surface area contributed by atoms with E-state index in [4.69, 9.17) is 5.73 Å². The Kier molecular flexibility index (Phi) is 2.09. The maximum absolute atomic E-state index is 5.51. The van der Waals surface area contributed by atoms with Gasteiger partial charge in [-0.3, -0.25) is 4.98 Å². The van der Waals surface area contributed by atoms with Crippen molar-refractivity contribution in [3.63, 3.8) is 0 Å². The Hall–Kier alpha value is -1.53. The average molecular weight is 146 g/mol. The van der Waals surface area contributed by atoms with Crippen LogP contribution in [0, 0.1) is 6.92 Å². The van der Waals surface area contributed by atoms with Gasteiger partial charge in [-0.2, -0.15) is 0 Å². The third-order valence-electron chi connectivity index (χ3n) is 1.38. The molecule has 0 atom stereocenters. The van der Waals surface area contributed by atoms with Gasteiger partial charge in [0.25, 0.3) is 0 Å². The van der Waals surface area contributed by atoms with Crippen LogP contribution in [0.2, 0.25) is 0 Å². The minimum absolute atomic E-state index is 0.684. The molecule has 0 radical (unpaired) electrons. The number of nitrogens with two attached hydrogens (primary N) is 1. The Labute approximate surface area is 66.1 Å². The lowest BCUT2D eigenvalue weighted by molar-refractivity contribution is 1.24. The van der Waals surface area contributed by atoms with Crippen molar-refractivity contribution >= 4 is 11.8 Å². The Morgan fingerprint density at radius 2 is 2.45 bits per heavy atom. The molecule has 0 aromatic carbocycles. The van der Waals surface area contributed by atoms with E-state index in [0.29, 0.717) is 5.69 Å². The molecule has 0 aliphatic rings. The van der Waals surface area contributed by atoms with Crippen molar-refractivity contribution in [3.05, 3.63) is 35.8 Å². The van der Waals surface area contributed by atoms with Crippen molar-refractivity contribution in [3.8, 4) is 0 Å². The van der Waals surface area contributed by atoms with E-state index in [-0.39, 0.29) is 0 Å². The second-order valence-corrected chi connectivity index (χ2v) is 2.32. The lowest BCUT2D eigenvalue weighted by atomic mass is 10.2. The summed E-state index contributed by atoms with van der Waals surface area (Å²) in [5, 5.41) is 0. The van der Waals surface area contributed by atoms with Gasteiger partial charge in [0.2, 0.25) is 0 Å². The summed E-state index contributed by atoms with van der Waals surface area (Å²) < 4.78 is 0. The zero-order valence-electron chi connectivity index (χ0n) is 6.46. The third kappa shape index (κ3) is 1.69. The second kappa shape index (κ2) is 3.04. The van der Waals surface area contributed by atoms with E-state index in [0.717, 1.165) is 11.3 Å². The Morgan fingerprint density at radius 3 is 3.00 bits per heavy atom. The first-order valence-electron chi connectivity index (χ1n) is 3.32. The third-order valence-corrected chi connectivity index (χ3v) is 1.38. The monoisotopic (exact) mass is 146 g/mol. The highest BCUT2D eigenvalue weighted by atomic mass is 14.7.